The molecule has 1 aromatic carbocycles. The van der Waals surface area contributed by atoms with E-state index in [0.717, 1.165) is 0 Å². The van der Waals surface area contributed by atoms with Crippen LogP contribution in [0.5, 0.6) is 0 Å². The first-order valence-electron chi connectivity index (χ1n) is 7.85. The van der Waals surface area contributed by atoms with Gasteiger partial charge in [-0.15, -0.1) is 0 Å². The molecule has 132 valence electrons. The SMILES string of the molecule is CC(C)(C)OC(=O)N1CCC(Nc2c(Br)cccc2[N+](=O)[O-])CC1. The number of halogens is 1. The lowest BCUT2D eigenvalue weighted by Crippen LogP contribution is -2.44. The Kier molecular flexibility index (Phi) is 5.69. The van der Waals surface area contributed by atoms with E-state index >= 15 is 0 Å². The fourth-order valence-corrected chi connectivity index (χ4v) is 3.01. The molecule has 0 saturated carbocycles. The molecule has 0 radical (unpaired) electrons. The van der Waals surface area contributed by atoms with Crippen LogP contribution in [0, 0.1) is 10.1 Å². The molecule has 1 aliphatic heterocycles. The Morgan fingerprint density at radius 1 is 1.38 bits per heavy atom. The van der Waals surface area contributed by atoms with Gasteiger partial charge in [-0.2, -0.15) is 0 Å². The van der Waals surface area contributed by atoms with Crippen molar-refractivity contribution < 1.29 is 14.5 Å². The van der Waals surface area contributed by atoms with Crippen LogP contribution in [0.4, 0.5) is 16.2 Å². The van der Waals surface area contributed by atoms with E-state index in [2.05, 4.69) is 21.2 Å². The van der Waals surface area contributed by atoms with Gasteiger partial charge in [0.25, 0.3) is 5.69 Å². The van der Waals surface area contributed by atoms with Crippen LogP contribution in [0.25, 0.3) is 0 Å². The lowest BCUT2D eigenvalue weighted by atomic mass is 10.0. The fourth-order valence-electron chi connectivity index (χ4n) is 2.54. The molecular weight excluding hydrogens is 378 g/mol. The summed E-state index contributed by atoms with van der Waals surface area (Å²) in [6, 6.07) is 4.95. The van der Waals surface area contributed by atoms with Crippen LogP contribution in [-0.4, -0.2) is 40.6 Å². The average molecular weight is 400 g/mol. The normalized spacial score (nSPS) is 15.9. The zero-order valence-corrected chi connectivity index (χ0v) is 15.6. The monoisotopic (exact) mass is 399 g/mol. The number of nitrogens with one attached hydrogen (secondary N) is 1. The Morgan fingerprint density at radius 2 is 2.00 bits per heavy atom. The number of rotatable bonds is 3. The Labute approximate surface area is 149 Å². The Bertz CT molecular complexity index is 622. The van der Waals surface area contributed by atoms with E-state index in [9.17, 15) is 14.9 Å². The van der Waals surface area contributed by atoms with E-state index in [1.54, 1.807) is 17.0 Å². The molecular formula is C16H22BrN3O4. The topological polar surface area (TPSA) is 84.7 Å². The molecule has 0 spiro atoms. The number of benzene rings is 1. The van der Waals surface area contributed by atoms with Crippen molar-refractivity contribution in [2.45, 2.75) is 45.3 Å². The minimum atomic E-state index is -0.512. The number of hydrogen-bond donors (Lipinski definition) is 1. The zero-order chi connectivity index (χ0) is 17.9. The van der Waals surface area contributed by atoms with E-state index in [1.807, 2.05) is 20.8 Å². The highest BCUT2D eigenvalue weighted by molar-refractivity contribution is 9.10. The number of nitrogens with zero attached hydrogens (tertiary/aromatic N) is 2. The van der Waals surface area contributed by atoms with Gasteiger partial charge in [0, 0.05) is 29.7 Å². The van der Waals surface area contributed by atoms with E-state index in [1.165, 1.54) is 6.07 Å². The summed E-state index contributed by atoms with van der Waals surface area (Å²) >= 11 is 3.36. The second-order valence-electron chi connectivity index (χ2n) is 6.78. The molecule has 1 saturated heterocycles. The Hall–Kier alpha value is -1.83. The number of piperidine rings is 1. The van der Waals surface area contributed by atoms with Gasteiger partial charge in [-0.1, -0.05) is 6.07 Å². The van der Waals surface area contributed by atoms with Crippen molar-refractivity contribution in [2.24, 2.45) is 0 Å². The summed E-state index contributed by atoms with van der Waals surface area (Å²) in [5.74, 6) is 0. The van der Waals surface area contributed by atoms with Gasteiger partial charge in [-0.05, 0) is 55.6 Å². The summed E-state index contributed by atoms with van der Waals surface area (Å²) in [6.07, 6.45) is 1.10. The van der Waals surface area contributed by atoms with Gasteiger partial charge in [0.2, 0.25) is 0 Å². The average Bonchev–Trinajstić information content (AvgIpc) is 2.48. The molecule has 2 rings (SSSR count). The number of carbonyl (C=O) groups excluding carboxylic acids is 1. The number of ether oxygens (including phenoxy) is 1. The molecule has 1 amide bonds. The summed E-state index contributed by atoms with van der Waals surface area (Å²) in [6.45, 7) is 6.64. The molecule has 1 N–H and O–H groups in total. The first kappa shape index (κ1) is 18.5. The molecule has 0 aromatic heterocycles. The number of para-hydroxylation sites is 1. The maximum Gasteiger partial charge on any atom is 0.410 e. The van der Waals surface area contributed by atoms with E-state index in [0.29, 0.717) is 36.1 Å². The van der Waals surface area contributed by atoms with Crippen LogP contribution in [0.2, 0.25) is 0 Å². The molecule has 0 unspecified atom stereocenters. The van der Waals surface area contributed by atoms with E-state index in [-0.39, 0.29) is 17.8 Å². The molecule has 0 atom stereocenters. The van der Waals surface area contributed by atoms with Crippen LogP contribution in [0.1, 0.15) is 33.6 Å². The van der Waals surface area contributed by atoms with Gasteiger partial charge >= 0.3 is 6.09 Å². The van der Waals surface area contributed by atoms with Crippen molar-refractivity contribution >= 4 is 33.4 Å². The summed E-state index contributed by atoms with van der Waals surface area (Å²) in [4.78, 5) is 24.5. The van der Waals surface area contributed by atoms with Crippen molar-refractivity contribution in [1.29, 1.82) is 0 Å². The largest absolute Gasteiger partial charge is 0.444 e. The molecule has 7 nitrogen and oxygen atoms in total. The second-order valence-corrected chi connectivity index (χ2v) is 7.63. The van der Waals surface area contributed by atoms with Crippen LogP contribution < -0.4 is 5.32 Å². The van der Waals surface area contributed by atoms with E-state index in [4.69, 9.17) is 4.74 Å². The van der Waals surface area contributed by atoms with Gasteiger partial charge in [0.1, 0.15) is 11.3 Å². The van der Waals surface area contributed by atoms with Gasteiger partial charge in [-0.3, -0.25) is 10.1 Å². The number of likely N-dealkylation sites (tertiary alicyclic amines) is 1. The highest BCUT2D eigenvalue weighted by atomic mass is 79.9. The van der Waals surface area contributed by atoms with Crippen LogP contribution in [-0.2, 0) is 4.74 Å². The molecule has 24 heavy (non-hydrogen) atoms. The van der Waals surface area contributed by atoms with Crippen molar-refractivity contribution in [1.82, 2.24) is 4.90 Å². The first-order valence-corrected chi connectivity index (χ1v) is 8.64. The summed E-state index contributed by atoms with van der Waals surface area (Å²) in [5.41, 5.74) is 0.0129. The molecule has 0 bridgehead atoms. The standard InChI is InChI=1S/C16H22BrN3O4/c1-16(2,3)24-15(21)19-9-7-11(8-10-19)18-14-12(17)5-4-6-13(14)20(22)23/h4-6,11,18H,7-10H2,1-3H3. The Morgan fingerprint density at radius 3 is 2.54 bits per heavy atom. The lowest BCUT2D eigenvalue weighted by molar-refractivity contribution is -0.384. The zero-order valence-electron chi connectivity index (χ0n) is 14.0. The van der Waals surface area contributed by atoms with Gasteiger partial charge in [0.05, 0.1) is 4.92 Å². The first-order chi connectivity index (χ1) is 11.2. The predicted molar refractivity (Wildman–Crippen MR) is 95.2 cm³/mol. The third kappa shape index (κ3) is 4.83. The number of anilines is 1. The number of nitro groups is 1. The van der Waals surface area contributed by atoms with Crippen LogP contribution in [0.3, 0.4) is 0 Å². The fraction of sp³-hybridized carbons (Fsp3) is 0.562. The number of carbonyl (C=O) groups is 1. The minimum Gasteiger partial charge on any atom is -0.444 e. The van der Waals surface area contributed by atoms with Gasteiger partial charge < -0.3 is 15.0 Å². The van der Waals surface area contributed by atoms with Crippen molar-refractivity contribution in [2.75, 3.05) is 18.4 Å². The van der Waals surface area contributed by atoms with Crippen LogP contribution >= 0.6 is 15.9 Å². The molecule has 1 fully saturated rings. The van der Waals surface area contributed by atoms with Crippen molar-refractivity contribution in [3.05, 3.63) is 32.8 Å². The minimum absolute atomic E-state index is 0.0407. The van der Waals surface area contributed by atoms with Gasteiger partial charge in [-0.25, -0.2) is 4.79 Å². The van der Waals surface area contributed by atoms with Gasteiger partial charge in [0.15, 0.2) is 0 Å². The smallest absolute Gasteiger partial charge is 0.410 e. The number of nitro benzene ring substituents is 1. The number of hydrogen-bond acceptors (Lipinski definition) is 5. The summed E-state index contributed by atoms with van der Waals surface area (Å²) in [5, 5.41) is 14.4. The maximum absolute atomic E-state index is 12.1. The molecule has 8 heteroatoms. The van der Waals surface area contributed by atoms with E-state index < -0.39 is 10.5 Å². The molecule has 0 aliphatic carbocycles. The quantitative estimate of drug-likeness (QED) is 0.608. The summed E-state index contributed by atoms with van der Waals surface area (Å²) < 4.78 is 6.03. The molecule has 1 aliphatic rings. The highest BCUT2D eigenvalue weighted by Gasteiger charge is 2.28. The Balaban J connectivity index is 1.97. The third-order valence-electron chi connectivity index (χ3n) is 3.68. The maximum atomic E-state index is 12.1. The molecule has 1 heterocycles. The summed E-state index contributed by atoms with van der Waals surface area (Å²) in [7, 11) is 0. The van der Waals surface area contributed by atoms with Crippen molar-refractivity contribution in [3.8, 4) is 0 Å². The third-order valence-corrected chi connectivity index (χ3v) is 4.34. The number of amides is 1. The highest BCUT2D eigenvalue weighted by Crippen LogP contribution is 2.33. The van der Waals surface area contributed by atoms with Crippen molar-refractivity contribution in [3.63, 3.8) is 0 Å². The molecule has 1 aromatic rings. The second kappa shape index (κ2) is 7.38. The lowest BCUT2D eigenvalue weighted by Gasteiger charge is -2.34. The van der Waals surface area contributed by atoms with Crippen LogP contribution in [0.15, 0.2) is 22.7 Å². The predicted octanol–water partition coefficient (Wildman–Crippen LogP) is 4.17.